The van der Waals surface area contributed by atoms with Crippen LogP contribution in [0.5, 0.6) is 5.75 Å². The molecular weight excluding hydrogens is 448 g/mol. The molecule has 0 bridgehead atoms. The normalized spacial score (nSPS) is 12.1. The molecule has 0 aliphatic carbocycles. The van der Waals surface area contributed by atoms with Crippen LogP contribution in [0.3, 0.4) is 0 Å². The number of aryl methyl sites for hydroxylation is 3. The number of methoxy groups -OCH3 is 1. The smallest absolute Gasteiger partial charge is 0.264 e. The summed E-state index contributed by atoms with van der Waals surface area (Å²) in [6.45, 7) is 7.52. The van der Waals surface area contributed by atoms with Gasteiger partial charge in [0.2, 0.25) is 5.91 Å². The fourth-order valence-corrected chi connectivity index (χ4v) is 5.45. The van der Waals surface area contributed by atoms with Crippen molar-refractivity contribution in [3.05, 3.63) is 89.0 Å². The van der Waals surface area contributed by atoms with E-state index in [9.17, 15) is 13.2 Å². The molecule has 1 amide bonds. The summed E-state index contributed by atoms with van der Waals surface area (Å²) in [5.74, 6) is -0.0192. The van der Waals surface area contributed by atoms with Crippen molar-refractivity contribution < 1.29 is 17.9 Å². The predicted octanol–water partition coefficient (Wildman–Crippen LogP) is 5.08. The number of nitrogens with zero attached hydrogens (tertiary/aromatic N) is 1. The number of hydrogen-bond donors (Lipinski definition) is 1. The van der Waals surface area contributed by atoms with Crippen LogP contribution in [0.1, 0.15) is 41.6 Å². The van der Waals surface area contributed by atoms with E-state index in [1.165, 1.54) is 19.2 Å². The van der Waals surface area contributed by atoms with E-state index < -0.39 is 15.9 Å². The Morgan fingerprint density at radius 1 is 0.971 bits per heavy atom. The molecule has 7 heteroatoms. The second kappa shape index (κ2) is 10.7. The molecule has 0 radical (unpaired) electrons. The zero-order chi connectivity index (χ0) is 24.9. The molecule has 3 aromatic rings. The van der Waals surface area contributed by atoms with Gasteiger partial charge in [-0.25, -0.2) is 8.42 Å². The maximum atomic E-state index is 13.7. The van der Waals surface area contributed by atoms with Crippen molar-refractivity contribution in [3.8, 4) is 5.75 Å². The van der Waals surface area contributed by atoms with Crippen LogP contribution in [-0.2, 0) is 14.8 Å². The molecule has 180 valence electrons. The molecular formula is C27H32N2O4S. The van der Waals surface area contributed by atoms with Crippen LogP contribution in [0.15, 0.2) is 71.6 Å². The monoisotopic (exact) mass is 480 g/mol. The fraction of sp³-hybridized carbons (Fsp3) is 0.296. The van der Waals surface area contributed by atoms with Gasteiger partial charge in [-0.2, -0.15) is 0 Å². The van der Waals surface area contributed by atoms with Gasteiger partial charge in [-0.15, -0.1) is 0 Å². The quantitative estimate of drug-likeness (QED) is 0.463. The minimum atomic E-state index is -4.03. The van der Waals surface area contributed by atoms with E-state index in [2.05, 4.69) is 11.4 Å². The molecule has 3 rings (SSSR count). The lowest BCUT2D eigenvalue weighted by atomic mass is 9.97. The van der Waals surface area contributed by atoms with Gasteiger partial charge in [-0.3, -0.25) is 9.10 Å². The van der Waals surface area contributed by atoms with Crippen LogP contribution >= 0.6 is 0 Å². The second-order valence-electron chi connectivity index (χ2n) is 8.39. The first-order valence-electron chi connectivity index (χ1n) is 11.3. The summed E-state index contributed by atoms with van der Waals surface area (Å²) >= 11 is 0. The zero-order valence-electron chi connectivity index (χ0n) is 20.3. The largest absolute Gasteiger partial charge is 0.495 e. The standard InChI is InChI=1S/C27H32N2O4S/c1-6-24(23-14-12-19(2)16-21(23)4)28-27(30)18-29(25-17-20(3)13-15-26(25)33-5)34(31,32)22-10-8-7-9-11-22/h7-17,24H,6,18H2,1-5H3,(H,28,30). The van der Waals surface area contributed by atoms with E-state index in [1.807, 2.05) is 45.9 Å². The molecule has 0 spiro atoms. The molecule has 1 N–H and O–H groups in total. The maximum Gasteiger partial charge on any atom is 0.264 e. The lowest BCUT2D eigenvalue weighted by molar-refractivity contribution is -0.120. The molecule has 3 aromatic carbocycles. The highest BCUT2D eigenvalue weighted by molar-refractivity contribution is 7.92. The minimum Gasteiger partial charge on any atom is -0.495 e. The van der Waals surface area contributed by atoms with Gasteiger partial charge in [0.15, 0.2) is 0 Å². The molecule has 1 unspecified atom stereocenters. The topological polar surface area (TPSA) is 75.7 Å². The molecule has 1 atom stereocenters. The highest BCUT2D eigenvalue weighted by atomic mass is 32.2. The summed E-state index contributed by atoms with van der Waals surface area (Å²) in [6.07, 6.45) is 0.675. The first-order valence-corrected chi connectivity index (χ1v) is 12.7. The highest BCUT2D eigenvalue weighted by Gasteiger charge is 2.30. The van der Waals surface area contributed by atoms with Crippen LogP contribution in [0.4, 0.5) is 5.69 Å². The minimum absolute atomic E-state index is 0.104. The summed E-state index contributed by atoms with van der Waals surface area (Å²) in [5, 5.41) is 3.03. The van der Waals surface area contributed by atoms with Crippen LogP contribution in [-0.4, -0.2) is 28.0 Å². The Morgan fingerprint density at radius 3 is 2.24 bits per heavy atom. The number of sulfonamides is 1. The Bertz CT molecular complexity index is 1260. The van der Waals surface area contributed by atoms with E-state index in [1.54, 1.807) is 30.3 Å². The average Bonchev–Trinajstić information content (AvgIpc) is 2.82. The van der Waals surface area contributed by atoms with Crippen molar-refractivity contribution in [2.45, 2.75) is 45.1 Å². The van der Waals surface area contributed by atoms with Crippen molar-refractivity contribution in [1.29, 1.82) is 0 Å². The van der Waals surface area contributed by atoms with Gasteiger partial charge >= 0.3 is 0 Å². The van der Waals surface area contributed by atoms with E-state index in [-0.39, 0.29) is 17.5 Å². The van der Waals surface area contributed by atoms with Crippen LogP contribution in [0, 0.1) is 20.8 Å². The van der Waals surface area contributed by atoms with E-state index in [0.717, 1.165) is 26.6 Å². The summed E-state index contributed by atoms with van der Waals surface area (Å²) in [7, 11) is -2.55. The first-order chi connectivity index (χ1) is 16.2. The lowest BCUT2D eigenvalue weighted by Crippen LogP contribution is -2.42. The molecule has 0 saturated carbocycles. The zero-order valence-corrected chi connectivity index (χ0v) is 21.1. The fourth-order valence-electron chi connectivity index (χ4n) is 4.00. The van der Waals surface area contributed by atoms with E-state index >= 15 is 0 Å². The number of nitrogens with one attached hydrogen (secondary N) is 1. The van der Waals surface area contributed by atoms with Gasteiger partial charge in [0.25, 0.3) is 10.0 Å². The van der Waals surface area contributed by atoms with Crippen LogP contribution in [0.2, 0.25) is 0 Å². The Morgan fingerprint density at radius 2 is 1.62 bits per heavy atom. The van der Waals surface area contributed by atoms with Crippen molar-refractivity contribution in [3.63, 3.8) is 0 Å². The summed E-state index contributed by atoms with van der Waals surface area (Å²) in [6, 6.07) is 19.2. The molecule has 0 heterocycles. The molecule has 0 aliphatic rings. The molecule has 34 heavy (non-hydrogen) atoms. The lowest BCUT2D eigenvalue weighted by Gasteiger charge is -2.27. The van der Waals surface area contributed by atoms with E-state index in [0.29, 0.717) is 17.9 Å². The number of carbonyl (C=O) groups excluding carboxylic acids is 1. The number of benzene rings is 3. The van der Waals surface area contributed by atoms with Gasteiger partial charge < -0.3 is 10.1 Å². The van der Waals surface area contributed by atoms with Gasteiger partial charge in [0.1, 0.15) is 12.3 Å². The third-order valence-electron chi connectivity index (χ3n) is 5.77. The number of amides is 1. The Balaban J connectivity index is 1.99. The second-order valence-corrected chi connectivity index (χ2v) is 10.3. The molecule has 0 aliphatic heterocycles. The predicted molar refractivity (Wildman–Crippen MR) is 136 cm³/mol. The van der Waals surface area contributed by atoms with Gasteiger partial charge in [0, 0.05) is 0 Å². The summed E-state index contributed by atoms with van der Waals surface area (Å²) in [4.78, 5) is 13.4. The molecule has 0 fully saturated rings. The van der Waals surface area contributed by atoms with Gasteiger partial charge in [-0.05, 0) is 68.1 Å². The number of ether oxygens (including phenoxy) is 1. The van der Waals surface area contributed by atoms with Crippen molar-refractivity contribution >= 4 is 21.6 Å². The number of carbonyl (C=O) groups is 1. The Hall–Kier alpha value is -3.32. The average molecular weight is 481 g/mol. The van der Waals surface area contributed by atoms with Crippen molar-refractivity contribution in [2.24, 2.45) is 0 Å². The third-order valence-corrected chi connectivity index (χ3v) is 7.54. The number of anilines is 1. The van der Waals surface area contributed by atoms with Crippen LogP contribution in [0.25, 0.3) is 0 Å². The number of hydrogen-bond acceptors (Lipinski definition) is 4. The van der Waals surface area contributed by atoms with Crippen molar-refractivity contribution in [2.75, 3.05) is 18.0 Å². The van der Waals surface area contributed by atoms with E-state index in [4.69, 9.17) is 4.74 Å². The van der Waals surface area contributed by atoms with Crippen LogP contribution < -0.4 is 14.4 Å². The first kappa shape index (κ1) is 25.3. The summed E-state index contributed by atoms with van der Waals surface area (Å²) < 4.78 is 33.9. The summed E-state index contributed by atoms with van der Waals surface area (Å²) in [5.41, 5.74) is 4.43. The van der Waals surface area contributed by atoms with Crippen molar-refractivity contribution in [1.82, 2.24) is 5.32 Å². The molecule has 6 nitrogen and oxygen atoms in total. The number of rotatable bonds is 9. The SMILES string of the molecule is CCC(NC(=O)CN(c1cc(C)ccc1OC)S(=O)(=O)c1ccccc1)c1ccc(C)cc1C. The van der Waals surface area contributed by atoms with Gasteiger partial charge in [-0.1, -0.05) is 55.0 Å². The Kier molecular flexibility index (Phi) is 7.99. The maximum absolute atomic E-state index is 13.7. The van der Waals surface area contributed by atoms with Gasteiger partial charge in [0.05, 0.1) is 23.7 Å². The third kappa shape index (κ3) is 5.59. The Labute approximate surface area is 202 Å². The highest BCUT2D eigenvalue weighted by Crippen LogP contribution is 2.33. The molecule has 0 saturated heterocycles. The molecule has 0 aromatic heterocycles.